The normalized spacial score (nSPS) is 33.4. The summed E-state index contributed by atoms with van der Waals surface area (Å²) < 4.78 is 22.9. The van der Waals surface area contributed by atoms with E-state index in [1.165, 1.54) is 0 Å². The first-order valence-electron chi connectivity index (χ1n) is 6.23. The number of sulfone groups is 1. The maximum absolute atomic E-state index is 12.2. The zero-order chi connectivity index (χ0) is 12.5. The van der Waals surface area contributed by atoms with Gasteiger partial charge in [0.2, 0.25) is 5.91 Å². The van der Waals surface area contributed by atoms with Crippen molar-refractivity contribution in [2.75, 3.05) is 24.6 Å². The van der Waals surface area contributed by atoms with Crippen LogP contribution in [0, 0.1) is 5.92 Å². The molecule has 2 aliphatic rings. The fourth-order valence-corrected chi connectivity index (χ4v) is 3.93. The highest BCUT2D eigenvalue weighted by Gasteiger charge is 2.32. The quantitative estimate of drug-likeness (QED) is 0.705. The van der Waals surface area contributed by atoms with Crippen molar-refractivity contribution in [3.05, 3.63) is 0 Å². The van der Waals surface area contributed by atoms with E-state index in [2.05, 4.69) is 0 Å². The molecule has 1 aliphatic heterocycles. The second-order valence-electron chi connectivity index (χ2n) is 5.10. The first-order chi connectivity index (χ1) is 7.98. The molecule has 0 aromatic carbocycles. The summed E-state index contributed by atoms with van der Waals surface area (Å²) in [5.74, 6) is 0.444. The van der Waals surface area contributed by atoms with Crippen molar-refractivity contribution in [1.82, 2.24) is 4.90 Å². The van der Waals surface area contributed by atoms with Gasteiger partial charge in [-0.15, -0.1) is 0 Å². The van der Waals surface area contributed by atoms with Crippen LogP contribution in [0.4, 0.5) is 0 Å². The topological polar surface area (TPSA) is 80.5 Å². The van der Waals surface area contributed by atoms with Gasteiger partial charge in [-0.1, -0.05) is 0 Å². The van der Waals surface area contributed by atoms with Gasteiger partial charge in [0.1, 0.15) is 0 Å². The largest absolute Gasteiger partial charge is 0.341 e. The molecule has 6 heteroatoms. The van der Waals surface area contributed by atoms with Crippen molar-refractivity contribution < 1.29 is 13.2 Å². The molecule has 0 aromatic heterocycles. The van der Waals surface area contributed by atoms with Crippen LogP contribution in [-0.2, 0) is 14.6 Å². The van der Waals surface area contributed by atoms with Gasteiger partial charge >= 0.3 is 0 Å². The lowest BCUT2D eigenvalue weighted by Gasteiger charge is -2.23. The number of rotatable bonds is 1. The molecule has 2 fully saturated rings. The standard InChI is InChI=1S/C11H20N2O3S/c12-10-3-2-9(8-10)11(14)13-4-1-6-17(15,16)7-5-13/h9-10H,1-8,12H2. The minimum atomic E-state index is -2.94. The predicted octanol–water partition coefficient (Wildman–Crippen LogP) is -0.239. The Hall–Kier alpha value is -0.620. The second kappa shape index (κ2) is 4.94. The van der Waals surface area contributed by atoms with Crippen LogP contribution in [0.25, 0.3) is 0 Å². The molecule has 0 bridgehead atoms. The average Bonchev–Trinajstić information content (AvgIpc) is 2.60. The SMILES string of the molecule is NC1CCC(C(=O)N2CCCS(=O)(=O)CC2)C1. The van der Waals surface area contributed by atoms with E-state index in [0.717, 1.165) is 19.3 Å². The number of hydrogen-bond acceptors (Lipinski definition) is 4. The molecule has 1 aliphatic carbocycles. The molecular weight excluding hydrogens is 240 g/mol. The molecule has 98 valence electrons. The highest BCUT2D eigenvalue weighted by atomic mass is 32.2. The molecule has 1 heterocycles. The van der Waals surface area contributed by atoms with Crippen molar-refractivity contribution in [2.45, 2.75) is 31.7 Å². The maximum atomic E-state index is 12.2. The molecule has 1 amide bonds. The molecule has 1 saturated heterocycles. The Morgan fingerprint density at radius 3 is 2.59 bits per heavy atom. The van der Waals surface area contributed by atoms with Crippen LogP contribution in [0.1, 0.15) is 25.7 Å². The minimum Gasteiger partial charge on any atom is -0.341 e. The van der Waals surface area contributed by atoms with E-state index < -0.39 is 9.84 Å². The summed E-state index contributed by atoms with van der Waals surface area (Å²) in [5.41, 5.74) is 5.80. The third-order valence-corrected chi connectivity index (χ3v) is 5.40. The molecular formula is C11H20N2O3S. The van der Waals surface area contributed by atoms with Crippen molar-refractivity contribution in [3.8, 4) is 0 Å². The van der Waals surface area contributed by atoms with Crippen LogP contribution >= 0.6 is 0 Å². The van der Waals surface area contributed by atoms with Gasteiger partial charge < -0.3 is 10.6 Å². The van der Waals surface area contributed by atoms with E-state index in [1.807, 2.05) is 0 Å². The van der Waals surface area contributed by atoms with Crippen molar-refractivity contribution in [2.24, 2.45) is 11.7 Å². The summed E-state index contributed by atoms with van der Waals surface area (Å²) in [5, 5.41) is 0. The van der Waals surface area contributed by atoms with E-state index in [0.29, 0.717) is 19.5 Å². The fraction of sp³-hybridized carbons (Fsp3) is 0.909. The lowest BCUT2D eigenvalue weighted by Crippen LogP contribution is -2.37. The van der Waals surface area contributed by atoms with Gasteiger partial charge in [-0.05, 0) is 25.7 Å². The Morgan fingerprint density at radius 1 is 1.18 bits per heavy atom. The summed E-state index contributed by atoms with van der Waals surface area (Å²) in [4.78, 5) is 13.9. The van der Waals surface area contributed by atoms with Crippen molar-refractivity contribution >= 4 is 15.7 Å². The van der Waals surface area contributed by atoms with Crippen LogP contribution in [0.2, 0.25) is 0 Å². The molecule has 0 aromatic rings. The van der Waals surface area contributed by atoms with Crippen LogP contribution in [0.3, 0.4) is 0 Å². The Balaban J connectivity index is 1.96. The van der Waals surface area contributed by atoms with Crippen LogP contribution in [-0.4, -0.2) is 49.9 Å². The summed E-state index contributed by atoms with van der Waals surface area (Å²) >= 11 is 0. The Kier molecular flexibility index (Phi) is 3.73. The molecule has 0 radical (unpaired) electrons. The summed E-state index contributed by atoms with van der Waals surface area (Å²) in [6, 6.07) is 0.139. The van der Waals surface area contributed by atoms with Crippen molar-refractivity contribution in [3.63, 3.8) is 0 Å². The summed E-state index contributed by atoms with van der Waals surface area (Å²) in [6.07, 6.45) is 3.07. The summed E-state index contributed by atoms with van der Waals surface area (Å²) in [7, 11) is -2.94. The summed E-state index contributed by atoms with van der Waals surface area (Å²) in [6.45, 7) is 0.927. The molecule has 2 rings (SSSR count). The van der Waals surface area contributed by atoms with Crippen LogP contribution < -0.4 is 5.73 Å². The smallest absolute Gasteiger partial charge is 0.225 e. The first kappa shape index (κ1) is 12.8. The third kappa shape index (κ3) is 3.19. The van der Waals surface area contributed by atoms with Gasteiger partial charge in [0.25, 0.3) is 0 Å². The first-order valence-corrected chi connectivity index (χ1v) is 8.05. The Morgan fingerprint density at radius 2 is 1.94 bits per heavy atom. The molecule has 5 nitrogen and oxygen atoms in total. The number of hydrogen-bond donors (Lipinski definition) is 1. The number of amides is 1. The van der Waals surface area contributed by atoms with Crippen LogP contribution in [0.15, 0.2) is 0 Å². The zero-order valence-corrected chi connectivity index (χ0v) is 10.8. The number of nitrogens with zero attached hydrogens (tertiary/aromatic N) is 1. The predicted molar refractivity (Wildman–Crippen MR) is 65.2 cm³/mol. The van der Waals surface area contributed by atoms with Gasteiger partial charge in [-0.25, -0.2) is 8.42 Å². The molecule has 0 spiro atoms. The monoisotopic (exact) mass is 260 g/mol. The fourth-order valence-electron chi connectivity index (χ4n) is 2.66. The van der Waals surface area contributed by atoms with E-state index in [4.69, 9.17) is 5.73 Å². The molecule has 1 saturated carbocycles. The molecule has 2 unspecified atom stereocenters. The maximum Gasteiger partial charge on any atom is 0.225 e. The molecule has 2 N–H and O–H groups in total. The Bertz CT molecular complexity index is 394. The number of carbonyl (C=O) groups excluding carboxylic acids is 1. The van der Waals surface area contributed by atoms with E-state index in [-0.39, 0.29) is 29.4 Å². The van der Waals surface area contributed by atoms with Gasteiger partial charge in [-0.2, -0.15) is 0 Å². The van der Waals surface area contributed by atoms with Gasteiger partial charge in [0.05, 0.1) is 11.5 Å². The van der Waals surface area contributed by atoms with Crippen LogP contribution in [0.5, 0.6) is 0 Å². The van der Waals surface area contributed by atoms with Gasteiger partial charge in [0, 0.05) is 25.0 Å². The lowest BCUT2D eigenvalue weighted by atomic mass is 10.1. The van der Waals surface area contributed by atoms with E-state index in [9.17, 15) is 13.2 Å². The highest BCUT2D eigenvalue weighted by Crippen LogP contribution is 2.26. The average molecular weight is 260 g/mol. The van der Waals surface area contributed by atoms with Gasteiger partial charge in [0.15, 0.2) is 9.84 Å². The zero-order valence-electron chi connectivity index (χ0n) is 9.97. The second-order valence-corrected chi connectivity index (χ2v) is 7.40. The highest BCUT2D eigenvalue weighted by molar-refractivity contribution is 7.91. The Labute approximate surface area is 102 Å². The molecule has 2 atom stereocenters. The number of carbonyl (C=O) groups is 1. The van der Waals surface area contributed by atoms with Crippen molar-refractivity contribution in [1.29, 1.82) is 0 Å². The lowest BCUT2D eigenvalue weighted by molar-refractivity contribution is -0.135. The minimum absolute atomic E-state index is 0.0193. The van der Waals surface area contributed by atoms with Gasteiger partial charge in [-0.3, -0.25) is 4.79 Å². The number of nitrogens with two attached hydrogens (primary N) is 1. The van der Waals surface area contributed by atoms with E-state index >= 15 is 0 Å². The third-order valence-electron chi connectivity index (χ3n) is 3.69. The molecule has 17 heavy (non-hydrogen) atoms. The van der Waals surface area contributed by atoms with E-state index in [1.54, 1.807) is 4.90 Å².